The van der Waals surface area contributed by atoms with Crippen molar-refractivity contribution >= 4 is 11.4 Å². The first kappa shape index (κ1) is 11.7. The van der Waals surface area contributed by atoms with Gasteiger partial charge in [0.05, 0.1) is 12.3 Å². The van der Waals surface area contributed by atoms with Gasteiger partial charge in [0.15, 0.2) is 0 Å². The van der Waals surface area contributed by atoms with Gasteiger partial charge >= 0.3 is 0 Å². The van der Waals surface area contributed by atoms with Crippen LogP contribution in [0.4, 0.5) is 11.4 Å². The van der Waals surface area contributed by atoms with Gasteiger partial charge in [0.1, 0.15) is 5.75 Å². The topological polar surface area (TPSA) is 41.7 Å². The molecule has 0 amide bonds. The standard InChI is InChI=1S/C14H21N3O/c1-16-6-8-17(9-7-16)13-5-4-12(15)14-11(13)3-2-10-18-14/h4-5H,2-3,6-10,15H2,1H3. The molecule has 3 rings (SSSR count). The molecule has 1 saturated heterocycles. The molecule has 1 aromatic rings. The van der Waals surface area contributed by atoms with E-state index in [-0.39, 0.29) is 0 Å². The number of nitrogens with zero attached hydrogens (tertiary/aromatic N) is 2. The van der Waals surface area contributed by atoms with E-state index in [2.05, 4.69) is 22.9 Å². The molecule has 0 saturated carbocycles. The van der Waals surface area contributed by atoms with Crippen LogP contribution in [0, 0.1) is 0 Å². The second kappa shape index (κ2) is 4.69. The van der Waals surface area contributed by atoms with Crippen LogP contribution in [0.1, 0.15) is 12.0 Å². The molecule has 4 nitrogen and oxygen atoms in total. The zero-order valence-corrected chi connectivity index (χ0v) is 11.0. The second-order valence-corrected chi connectivity index (χ2v) is 5.22. The Morgan fingerprint density at radius 3 is 2.72 bits per heavy atom. The number of benzene rings is 1. The molecule has 0 radical (unpaired) electrons. The molecule has 4 heteroatoms. The van der Waals surface area contributed by atoms with E-state index in [0.717, 1.165) is 57.1 Å². The van der Waals surface area contributed by atoms with Crippen molar-refractivity contribution in [3.05, 3.63) is 17.7 Å². The SMILES string of the molecule is CN1CCN(c2ccc(N)c3c2CCCO3)CC1. The second-order valence-electron chi connectivity index (χ2n) is 5.22. The monoisotopic (exact) mass is 247 g/mol. The smallest absolute Gasteiger partial charge is 0.147 e. The van der Waals surface area contributed by atoms with Crippen LogP contribution in [0.25, 0.3) is 0 Å². The highest BCUT2D eigenvalue weighted by molar-refractivity contribution is 5.69. The minimum absolute atomic E-state index is 0.780. The summed E-state index contributed by atoms with van der Waals surface area (Å²) in [6, 6.07) is 4.14. The predicted molar refractivity (Wildman–Crippen MR) is 74.4 cm³/mol. The van der Waals surface area contributed by atoms with E-state index >= 15 is 0 Å². The summed E-state index contributed by atoms with van der Waals surface area (Å²) in [7, 11) is 2.18. The summed E-state index contributed by atoms with van der Waals surface area (Å²) in [5.41, 5.74) is 9.43. The van der Waals surface area contributed by atoms with E-state index in [1.807, 2.05) is 6.07 Å². The lowest BCUT2D eigenvalue weighted by molar-refractivity contribution is 0.288. The molecule has 2 heterocycles. The van der Waals surface area contributed by atoms with Gasteiger partial charge in [-0.15, -0.1) is 0 Å². The molecule has 2 aliphatic heterocycles. The lowest BCUT2D eigenvalue weighted by Crippen LogP contribution is -2.45. The third-order valence-corrected chi connectivity index (χ3v) is 3.93. The number of piperazine rings is 1. The summed E-state index contributed by atoms with van der Waals surface area (Å²) in [5.74, 6) is 0.928. The van der Waals surface area contributed by atoms with Crippen LogP contribution in [0.2, 0.25) is 0 Å². The van der Waals surface area contributed by atoms with Crippen LogP contribution in [-0.2, 0) is 6.42 Å². The minimum Gasteiger partial charge on any atom is -0.491 e. The maximum atomic E-state index is 6.01. The highest BCUT2D eigenvalue weighted by Crippen LogP contribution is 2.38. The third kappa shape index (κ3) is 2.01. The van der Waals surface area contributed by atoms with Crippen molar-refractivity contribution in [3.8, 4) is 5.75 Å². The van der Waals surface area contributed by atoms with Gasteiger partial charge in [-0.25, -0.2) is 0 Å². The van der Waals surface area contributed by atoms with Crippen molar-refractivity contribution in [1.82, 2.24) is 4.90 Å². The molecule has 18 heavy (non-hydrogen) atoms. The Morgan fingerprint density at radius 1 is 1.17 bits per heavy atom. The molecule has 0 aromatic heterocycles. The number of hydrogen-bond donors (Lipinski definition) is 1. The third-order valence-electron chi connectivity index (χ3n) is 3.93. The molecule has 0 bridgehead atoms. The Morgan fingerprint density at radius 2 is 1.94 bits per heavy atom. The number of likely N-dealkylation sites (N-methyl/N-ethyl adjacent to an activating group) is 1. The van der Waals surface area contributed by atoms with E-state index < -0.39 is 0 Å². The summed E-state index contributed by atoms with van der Waals surface area (Å²) in [6.45, 7) is 5.23. The Kier molecular flexibility index (Phi) is 3.04. The molecular weight excluding hydrogens is 226 g/mol. The van der Waals surface area contributed by atoms with Crippen LogP contribution in [0.5, 0.6) is 5.75 Å². The van der Waals surface area contributed by atoms with Gasteiger partial charge in [-0.1, -0.05) is 0 Å². The van der Waals surface area contributed by atoms with Gasteiger partial charge in [-0.05, 0) is 32.0 Å². The largest absolute Gasteiger partial charge is 0.491 e. The van der Waals surface area contributed by atoms with Gasteiger partial charge < -0.3 is 20.3 Å². The number of anilines is 2. The van der Waals surface area contributed by atoms with Crippen molar-refractivity contribution in [2.24, 2.45) is 0 Å². The van der Waals surface area contributed by atoms with E-state index in [0.29, 0.717) is 0 Å². The highest BCUT2D eigenvalue weighted by Gasteiger charge is 2.22. The van der Waals surface area contributed by atoms with Crippen molar-refractivity contribution in [1.29, 1.82) is 0 Å². The number of hydrogen-bond acceptors (Lipinski definition) is 4. The lowest BCUT2D eigenvalue weighted by Gasteiger charge is -2.36. The van der Waals surface area contributed by atoms with Crippen LogP contribution in [0.15, 0.2) is 12.1 Å². The number of fused-ring (bicyclic) bond motifs is 1. The fraction of sp³-hybridized carbons (Fsp3) is 0.571. The van der Waals surface area contributed by atoms with Crippen molar-refractivity contribution in [2.45, 2.75) is 12.8 Å². The number of nitrogen functional groups attached to an aromatic ring is 1. The molecule has 2 N–H and O–H groups in total. The van der Waals surface area contributed by atoms with Crippen LogP contribution in [-0.4, -0.2) is 44.7 Å². The molecule has 98 valence electrons. The number of nitrogens with two attached hydrogens (primary N) is 1. The summed E-state index contributed by atoms with van der Waals surface area (Å²) >= 11 is 0. The molecule has 2 aliphatic rings. The average Bonchev–Trinajstić information content (AvgIpc) is 2.41. The predicted octanol–water partition coefficient (Wildman–Crippen LogP) is 1.35. The Balaban J connectivity index is 1.92. The van der Waals surface area contributed by atoms with Crippen LogP contribution in [0.3, 0.4) is 0 Å². The lowest BCUT2D eigenvalue weighted by atomic mass is 10.0. The molecule has 0 spiro atoms. The highest BCUT2D eigenvalue weighted by atomic mass is 16.5. The minimum atomic E-state index is 0.780. The Labute approximate surface area is 108 Å². The summed E-state index contributed by atoms with van der Waals surface area (Å²) in [5, 5.41) is 0. The Bertz CT molecular complexity index is 439. The first-order valence-electron chi connectivity index (χ1n) is 6.73. The van der Waals surface area contributed by atoms with Gasteiger partial charge in [-0.3, -0.25) is 0 Å². The quantitative estimate of drug-likeness (QED) is 0.761. The number of rotatable bonds is 1. The van der Waals surface area contributed by atoms with Gasteiger partial charge in [0, 0.05) is 37.4 Å². The fourth-order valence-corrected chi connectivity index (χ4v) is 2.81. The summed E-state index contributed by atoms with van der Waals surface area (Å²) in [4.78, 5) is 4.84. The molecular formula is C14H21N3O. The first-order valence-corrected chi connectivity index (χ1v) is 6.73. The van der Waals surface area contributed by atoms with Gasteiger partial charge in [-0.2, -0.15) is 0 Å². The fourth-order valence-electron chi connectivity index (χ4n) is 2.81. The average molecular weight is 247 g/mol. The molecule has 0 aliphatic carbocycles. The maximum absolute atomic E-state index is 6.01. The summed E-state index contributed by atoms with van der Waals surface area (Å²) < 4.78 is 5.74. The van der Waals surface area contributed by atoms with E-state index in [9.17, 15) is 0 Å². The first-order chi connectivity index (χ1) is 8.75. The van der Waals surface area contributed by atoms with Gasteiger partial charge in [0.25, 0.3) is 0 Å². The zero-order valence-electron chi connectivity index (χ0n) is 11.0. The molecule has 0 unspecified atom stereocenters. The van der Waals surface area contributed by atoms with Crippen LogP contribution >= 0.6 is 0 Å². The molecule has 1 fully saturated rings. The van der Waals surface area contributed by atoms with E-state index in [1.54, 1.807) is 0 Å². The molecule has 0 atom stereocenters. The van der Waals surface area contributed by atoms with Gasteiger partial charge in [0.2, 0.25) is 0 Å². The van der Waals surface area contributed by atoms with Crippen molar-refractivity contribution in [3.63, 3.8) is 0 Å². The maximum Gasteiger partial charge on any atom is 0.147 e. The van der Waals surface area contributed by atoms with Crippen LogP contribution < -0.4 is 15.4 Å². The normalized spacial score (nSPS) is 20.4. The van der Waals surface area contributed by atoms with E-state index in [4.69, 9.17) is 10.5 Å². The van der Waals surface area contributed by atoms with Crippen molar-refractivity contribution < 1.29 is 4.74 Å². The Hall–Kier alpha value is -1.42. The van der Waals surface area contributed by atoms with E-state index in [1.165, 1.54) is 11.3 Å². The number of ether oxygens (including phenoxy) is 1. The zero-order chi connectivity index (χ0) is 12.5. The van der Waals surface area contributed by atoms with Crippen molar-refractivity contribution in [2.75, 3.05) is 50.5 Å². The molecule has 1 aromatic carbocycles. The summed E-state index contributed by atoms with van der Waals surface area (Å²) in [6.07, 6.45) is 2.18.